The Bertz CT molecular complexity index is 893. The summed E-state index contributed by atoms with van der Waals surface area (Å²) in [5.74, 6) is -0.206. The van der Waals surface area contributed by atoms with Gasteiger partial charge in [0, 0.05) is 30.9 Å². The monoisotopic (exact) mass is 388 g/mol. The Morgan fingerprint density at radius 2 is 1.92 bits per heavy atom. The van der Waals surface area contributed by atoms with Gasteiger partial charge in [0.25, 0.3) is 0 Å². The lowest BCUT2D eigenvalue weighted by Crippen LogP contribution is -2.33. The van der Waals surface area contributed by atoms with Crippen LogP contribution in [-0.2, 0) is 16.0 Å². The predicted octanol–water partition coefficient (Wildman–Crippen LogP) is 4.94. The van der Waals surface area contributed by atoms with Crippen LogP contribution in [0.4, 0.5) is 11.4 Å². The third-order valence-electron chi connectivity index (χ3n) is 4.22. The van der Waals surface area contributed by atoms with Gasteiger partial charge >= 0.3 is 0 Å². The van der Waals surface area contributed by atoms with E-state index in [0.717, 1.165) is 36.2 Å². The third-order valence-corrected chi connectivity index (χ3v) is 4.96. The second-order valence-electron chi connectivity index (χ2n) is 6.11. The number of carbonyl (C=O) groups excluding carboxylic acids is 2. The second-order valence-corrected chi connectivity index (χ2v) is 6.93. The number of anilines is 2. The number of nitrogens with zero attached hydrogens (tertiary/aromatic N) is 1. The largest absolute Gasteiger partial charge is 0.323 e. The number of hydrogen-bond acceptors (Lipinski definition) is 2. The van der Waals surface area contributed by atoms with E-state index in [9.17, 15) is 9.59 Å². The van der Waals surface area contributed by atoms with E-state index in [4.69, 9.17) is 23.2 Å². The van der Waals surface area contributed by atoms with Crippen molar-refractivity contribution in [3.8, 4) is 0 Å². The molecule has 6 heteroatoms. The molecule has 0 aliphatic carbocycles. The van der Waals surface area contributed by atoms with Crippen LogP contribution in [-0.4, -0.2) is 18.4 Å². The SMILES string of the molecule is CC(=O)N1CCCc2cc(NC(=O)C=Cc3ccc(Cl)c(Cl)c3)ccc21. The van der Waals surface area contributed by atoms with E-state index in [1.165, 1.54) is 6.08 Å². The topological polar surface area (TPSA) is 49.4 Å². The molecule has 1 heterocycles. The first kappa shape index (κ1) is 18.5. The molecule has 0 saturated carbocycles. The summed E-state index contributed by atoms with van der Waals surface area (Å²) in [5.41, 5.74) is 3.49. The van der Waals surface area contributed by atoms with Gasteiger partial charge in [-0.15, -0.1) is 0 Å². The van der Waals surface area contributed by atoms with Crippen LogP contribution in [0.2, 0.25) is 10.0 Å². The summed E-state index contributed by atoms with van der Waals surface area (Å²) < 4.78 is 0. The molecule has 3 rings (SSSR count). The minimum atomic E-state index is -0.241. The molecule has 2 aromatic carbocycles. The van der Waals surface area contributed by atoms with Gasteiger partial charge in [0.15, 0.2) is 0 Å². The zero-order valence-electron chi connectivity index (χ0n) is 14.3. The molecule has 0 spiro atoms. The van der Waals surface area contributed by atoms with Crippen LogP contribution in [0.1, 0.15) is 24.5 Å². The highest BCUT2D eigenvalue weighted by Gasteiger charge is 2.20. The number of amides is 2. The molecule has 134 valence electrons. The molecule has 1 N–H and O–H groups in total. The standard InChI is InChI=1S/C20H18Cl2N2O2/c1-13(25)24-10-2-3-15-12-16(6-8-19(15)24)23-20(26)9-5-14-4-7-17(21)18(22)11-14/h4-9,11-12H,2-3,10H2,1H3,(H,23,26). The van der Waals surface area contributed by atoms with Crippen molar-refractivity contribution < 1.29 is 9.59 Å². The van der Waals surface area contributed by atoms with Crippen molar-refractivity contribution in [2.75, 3.05) is 16.8 Å². The van der Waals surface area contributed by atoms with Gasteiger partial charge in [0.1, 0.15) is 0 Å². The molecule has 0 saturated heterocycles. The maximum Gasteiger partial charge on any atom is 0.248 e. The maximum absolute atomic E-state index is 12.2. The first-order valence-corrected chi connectivity index (χ1v) is 9.05. The first-order valence-electron chi connectivity index (χ1n) is 8.29. The Balaban J connectivity index is 1.70. The van der Waals surface area contributed by atoms with E-state index in [-0.39, 0.29) is 11.8 Å². The number of halogens is 2. The fraction of sp³-hybridized carbons (Fsp3) is 0.200. The van der Waals surface area contributed by atoms with Crippen molar-refractivity contribution >= 4 is 52.5 Å². The summed E-state index contributed by atoms with van der Waals surface area (Å²) in [6.07, 6.45) is 4.93. The normalized spacial score (nSPS) is 13.6. The summed E-state index contributed by atoms with van der Waals surface area (Å²) in [7, 11) is 0. The lowest BCUT2D eigenvalue weighted by atomic mass is 10.0. The van der Waals surface area contributed by atoms with Crippen molar-refractivity contribution in [1.82, 2.24) is 0 Å². The predicted molar refractivity (Wildman–Crippen MR) is 107 cm³/mol. The second kappa shape index (κ2) is 7.94. The van der Waals surface area contributed by atoms with Gasteiger partial charge in [0.2, 0.25) is 11.8 Å². The summed E-state index contributed by atoms with van der Waals surface area (Å²) in [6, 6.07) is 10.8. The van der Waals surface area contributed by atoms with Crippen LogP contribution in [0, 0.1) is 0 Å². The van der Waals surface area contributed by atoms with Crippen molar-refractivity contribution in [2.45, 2.75) is 19.8 Å². The molecule has 0 fully saturated rings. The van der Waals surface area contributed by atoms with E-state index in [1.807, 2.05) is 18.2 Å². The van der Waals surface area contributed by atoms with Crippen LogP contribution in [0.3, 0.4) is 0 Å². The number of benzene rings is 2. The molecule has 0 aromatic heterocycles. The van der Waals surface area contributed by atoms with Gasteiger partial charge in [-0.3, -0.25) is 9.59 Å². The number of carbonyl (C=O) groups is 2. The lowest BCUT2D eigenvalue weighted by molar-refractivity contribution is -0.116. The van der Waals surface area contributed by atoms with Gasteiger partial charge in [-0.2, -0.15) is 0 Å². The van der Waals surface area contributed by atoms with Crippen molar-refractivity contribution in [3.63, 3.8) is 0 Å². The number of nitrogens with one attached hydrogen (secondary N) is 1. The van der Waals surface area contributed by atoms with Gasteiger partial charge in [-0.25, -0.2) is 0 Å². The Morgan fingerprint density at radius 3 is 2.65 bits per heavy atom. The van der Waals surface area contributed by atoms with Crippen LogP contribution in [0.25, 0.3) is 6.08 Å². The minimum Gasteiger partial charge on any atom is -0.323 e. The maximum atomic E-state index is 12.2. The molecule has 1 aliphatic rings. The molecule has 0 atom stereocenters. The molecule has 2 aromatic rings. The molecule has 0 radical (unpaired) electrons. The molecule has 26 heavy (non-hydrogen) atoms. The van der Waals surface area contributed by atoms with E-state index >= 15 is 0 Å². The Morgan fingerprint density at radius 1 is 1.12 bits per heavy atom. The number of aryl methyl sites for hydroxylation is 1. The Kier molecular flexibility index (Phi) is 5.64. The lowest BCUT2D eigenvalue weighted by Gasteiger charge is -2.28. The summed E-state index contributed by atoms with van der Waals surface area (Å²) in [6.45, 7) is 2.30. The number of fused-ring (bicyclic) bond motifs is 1. The zero-order valence-corrected chi connectivity index (χ0v) is 15.8. The van der Waals surface area contributed by atoms with Crippen molar-refractivity contribution in [3.05, 3.63) is 63.6 Å². The van der Waals surface area contributed by atoms with Crippen molar-refractivity contribution in [1.29, 1.82) is 0 Å². The van der Waals surface area contributed by atoms with E-state index < -0.39 is 0 Å². The van der Waals surface area contributed by atoms with E-state index in [2.05, 4.69) is 5.32 Å². The van der Waals surface area contributed by atoms with Crippen LogP contribution in [0.5, 0.6) is 0 Å². The fourth-order valence-electron chi connectivity index (χ4n) is 2.97. The Labute approximate surface area is 162 Å². The van der Waals surface area contributed by atoms with Gasteiger partial charge < -0.3 is 10.2 Å². The third kappa shape index (κ3) is 4.26. The molecular formula is C20H18Cl2N2O2. The molecule has 0 bridgehead atoms. The fourth-order valence-corrected chi connectivity index (χ4v) is 3.28. The smallest absolute Gasteiger partial charge is 0.248 e. The van der Waals surface area contributed by atoms with E-state index in [1.54, 1.807) is 36.1 Å². The van der Waals surface area contributed by atoms with Gasteiger partial charge in [-0.05, 0) is 60.4 Å². The highest BCUT2D eigenvalue weighted by atomic mass is 35.5. The van der Waals surface area contributed by atoms with Crippen LogP contribution in [0.15, 0.2) is 42.5 Å². The number of rotatable bonds is 3. The average Bonchev–Trinajstić information content (AvgIpc) is 2.62. The molecule has 4 nitrogen and oxygen atoms in total. The average molecular weight is 389 g/mol. The van der Waals surface area contributed by atoms with Crippen molar-refractivity contribution in [2.24, 2.45) is 0 Å². The first-order chi connectivity index (χ1) is 12.4. The minimum absolute atomic E-state index is 0.0345. The number of hydrogen-bond donors (Lipinski definition) is 1. The molecule has 1 aliphatic heterocycles. The molecule has 2 amide bonds. The molecule has 0 unspecified atom stereocenters. The summed E-state index contributed by atoms with van der Waals surface area (Å²) in [5, 5.41) is 3.76. The van der Waals surface area contributed by atoms with E-state index in [0.29, 0.717) is 15.7 Å². The van der Waals surface area contributed by atoms with Gasteiger partial charge in [0.05, 0.1) is 10.0 Å². The zero-order chi connectivity index (χ0) is 18.7. The van der Waals surface area contributed by atoms with Gasteiger partial charge in [-0.1, -0.05) is 29.3 Å². The highest BCUT2D eigenvalue weighted by Crippen LogP contribution is 2.30. The quantitative estimate of drug-likeness (QED) is 0.756. The summed E-state index contributed by atoms with van der Waals surface area (Å²) in [4.78, 5) is 25.6. The molecular weight excluding hydrogens is 371 g/mol. The highest BCUT2D eigenvalue weighted by molar-refractivity contribution is 6.42. The van der Waals surface area contributed by atoms with Crippen LogP contribution >= 0.6 is 23.2 Å². The van der Waals surface area contributed by atoms with Crippen LogP contribution < -0.4 is 10.2 Å². The summed E-state index contributed by atoms with van der Waals surface area (Å²) >= 11 is 11.8. The Hall–Kier alpha value is -2.30.